The summed E-state index contributed by atoms with van der Waals surface area (Å²) < 4.78 is 68.7. The van der Waals surface area contributed by atoms with Crippen molar-refractivity contribution in [2.24, 2.45) is 0 Å². The second-order valence-electron chi connectivity index (χ2n) is 8.51. The molecular weight excluding hydrogens is 484 g/mol. The van der Waals surface area contributed by atoms with Crippen LogP contribution in [0.25, 0.3) is 22.3 Å². The maximum Gasteiger partial charge on any atom is 0.343 e. The largest absolute Gasteiger partial charge is 0.490 e. The Morgan fingerprint density at radius 1 is 0.676 bits per heavy atom. The number of rotatable bonds is 8. The number of esters is 1. The third-order valence-corrected chi connectivity index (χ3v) is 5.85. The second kappa shape index (κ2) is 11.3. The molecule has 0 aliphatic rings. The van der Waals surface area contributed by atoms with Gasteiger partial charge in [-0.3, -0.25) is 0 Å². The molecule has 37 heavy (non-hydrogen) atoms. The van der Waals surface area contributed by atoms with Crippen molar-refractivity contribution < 1.29 is 31.8 Å². The van der Waals surface area contributed by atoms with E-state index >= 15 is 0 Å². The van der Waals surface area contributed by atoms with Gasteiger partial charge in [-0.15, -0.1) is 0 Å². The number of benzene rings is 4. The minimum atomic E-state index is -1.29. The zero-order valence-corrected chi connectivity index (χ0v) is 20.3. The maximum absolute atomic E-state index is 14.7. The third-order valence-electron chi connectivity index (χ3n) is 5.85. The number of unbranched alkanes of at least 4 members (excludes halogenated alkanes) is 1. The number of ether oxygens (including phenoxy) is 2. The summed E-state index contributed by atoms with van der Waals surface area (Å²) in [4.78, 5) is 12.5. The Hall–Kier alpha value is -4.13. The van der Waals surface area contributed by atoms with Gasteiger partial charge in [0.25, 0.3) is 0 Å². The minimum Gasteiger partial charge on any atom is -0.490 e. The Morgan fingerprint density at radius 3 is 1.76 bits per heavy atom. The quantitative estimate of drug-likeness (QED) is 0.104. The van der Waals surface area contributed by atoms with Crippen molar-refractivity contribution in [1.29, 1.82) is 0 Å². The molecule has 3 nitrogen and oxygen atoms in total. The highest BCUT2D eigenvalue weighted by molar-refractivity contribution is 5.91. The number of carbonyl (C=O) groups is 1. The summed E-state index contributed by atoms with van der Waals surface area (Å²) in [6.45, 7) is 4.12. The number of hydrogen-bond donors (Lipinski definition) is 0. The van der Waals surface area contributed by atoms with Crippen LogP contribution in [0.15, 0.2) is 72.8 Å². The normalized spacial score (nSPS) is 10.9. The predicted molar refractivity (Wildman–Crippen MR) is 134 cm³/mol. The highest BCUT2D eigenvalue weighted by Gasteiger charge is 2.20. The Kier molecular flexibility index (Phi) is 7.92. The van der Waals surface area contributed by atoms with Gasteiger partial charge >= 0.3 is 5.97 Å². The van der Waals surface area contributed by atoms with Crippen LogP contribution in [0.2, 0.25) is 0 Å². The molecule has 0 spiro atoms. The summed E-state index contributed by atoms with van der Waals surface area (Å²) >= 11 is 0. The summed E-state index contributed by atoms with van der Waals surface area (Å²) in [7, 11) is 0. The van der Waals surface area contributed by atoms with Gasteiger partial charge in [-0.1, -0.05) is 55.3 Å². The third kappa shape index (κ3) is 5.66. The lowest BCUT2D eigenvalue weighted by molar-refractivity contribution is 0.0726. The molecule has 4 aromatic rings. The zero-order chi connectivity index (χ0) is 26.5. The minimum absolute atomic E-state index is 0.0138. The summed E-state index contributed by atoms with van der Waals surface area (Å²) in [6, 6.07) is 17.6. The number of aryl methyl sites for hydroxylation is 1. The molecule has 0 aromatic heterocycles. The van der Waals surface area contributed by atoms with Gasteiger partial charge in [-0.25, -0.2) is 13.6 Å². The fourth-order valence-electron chi connectivity index (χ4n) is 3.70. The van der Waals surface area contributed by atoms with E-state index in [9.17, 15) is 22.4 Å². The van der Waals surface area contributed by atoms with Crippen LogP contribution in [0.3, 0.4) is 0 Å². The van der Waals surface area contributed by atoms with Crippen molar-refractivity contribution in [1.82, 2.24) is 0 Å². The maximum atomic E-state index is 14.7. The van der Waals surface area contributed by atoms with Gasteiger partial charge in [0.1, 0.15) is 0 Å². The van der Waals surface area contributed by atoms with Crippen LogP contribution in [-0.2, 0) is 0 Å². The van der Waals surface area contributed by atoms with Crippen LogP contribution < -0.4 is 9.47 Å². The van der Waals surface area contributed by atoms with E-state index in [1.54, 1.807) is 24.3 Å². The van der Waals surface area contributed by atoms with Gasteiger partial charge in [0.2, 0.25) is 11.6 Å². The molecule has 0 saturated heterocycles. The first kappa shape index (κ1) is 25.9. The van der Waals surface area contributed by atoms with Crippen LogP contribution in [0, 0.1) is 30.2 Å². The summed E-state index contributed by atoms with van der Waals surface area (Å²) in [5.41, 5.74) is 1.82. The van der Waals surface area contributed by atoms with E-state index in [4.69, 9.17) is 9.47 Å². The van der Waals surface area contributed by atoms with E-state index in [2.05, 4.69) is 0 Å². The highest BCUT2D eigenvalue weighted by atomic mass is 19.2. The van der Waals surface area contributed by atoms with Crippen LogP contribution in [0.5, 0.6) is 11.5 Å². The van der Waals surface area contributed by atoms with E-state index in [1.807, 2.05) is 13.8 Å². The lowest BCUT2D eigenvalue weighted by atomic mass is 10.0. The number of halogens is 4. The van der Waals surface area contributed by atoms with Crippen LogP contribution >= 0.6 is 0 Å². The molecular formula is C30H24F4O3. The van der Waals surface area contributed by atoms with Crippen molar-refractivity contribution in [2.45, 2.75) is 26.7 Å². The Morgan fingerprint density at radius 2 is 1.19 bits per heavy atom. The lowest BCUT2D eigenvalue weighted by Crippen LogP contribution is -2.10. The Bertz CT molecular complexity index is 1410. The fourth-order valence-corrected chi connectivity index (χ4v) is 3.70. The van der Waals surface area contributed by atoms with E-state index in [-0.39, 0.29) is 29.0 Å². The molecule has 0 bridgehead atoms. The van der Waals surface area contributed by atoms with Crippen molar-refractivity contribution >= 4 is 5.97 Å². The highest BCUT2D eigenvalue weighted by Crippen LogP contribution is 2.32. The molecule has 0 radical (unpaired) electrons. The first-order chi connectivity index (χ1) is 17.8. The molecule has 0 amide bonds. The predicted octanol–water partition coefficient (Wildman–Crippen LogP) is 8.28. The molecule has 0 saturated carbocycles. The average Bonchev–Trinajstić information content (AvgIpc) is 2.90. The monoisotopic (exact) mass is 508 g/mol. The van der Waals surface area contributed by atoms with E-state index in [0.29, 0.717) is 17.5 Å². The molecule has 0 fully saturated rings. The van der Waals surface area contributed by atoms with E-state index in [0.717, 1.165) is 12.0 Å². The smallest absolute Gasteiger partial charge is 0.343 e. The fraction of sp³-hybridized carbons (Fsp3) is 0.167. The Labute approximate surface area is 212 Å². The first-order valence-electron chi connectivity index (χ1n) is 11.8. The average molecular weight is 509 g/mol. The van der Waals surface area contributed by atoms with Gasteiger partial charge in [0.15, 0.2) is 23.1 Å². The molecule has 0 aliphatic carbocycles. The van der Waals surface area contributed by atoms with Gasteiger partial charge in [-0.05, 0) is 60.9 Å². The molecule has 4 rings (SSSR count). The first-order valence-corrected chi connectivity index (χ1v) is 11.8. The molecule has 0 heterocycles. The molecule has 0 aliphatic heterocycles. The number of carbonyl (C=O) groups excluding carboxylic acids is 1. The molecule has 0 unspecified atom stereocenters. The van der Waals surface area contributed by atoms with Crippen molar-refractivity contribution in [2.75, 3.05) is 6.61 Å². The summed E-state index contributed by atoms with van der Waals surface area (Å²) in [6.07, 6.45) is 1.57. The summed E-state index contributed by atoms with van der Waals surface area (Å²) in [5, 5.41) is 0. The van der Waals surface area contributed by atoms with Gasteiger partial charge in [-0.2, -0.15) is 8.78 Å². The molecule has 190 valence electrons. The van der Waals surface area contributed by atoms with Gasteiger partial charge in [0.05, 0.1) is 12.2 Å². The van der Waals surface area contributed by atoms with Gasteiger partial charge < -0.3 is 9.47 Å². The molecule has 4 aromatic carbocycles. The lowest BCUT2D eigenvalue weighted by Gasteiger charge is -2.11. The second-order valence-corrected chi connectivity index (χ2v) is 8.51. The molecule has 0 N–H and O–H groups in total. The molecule has 0 atom stereocenters. The van der Waals surface area contributed by atoms with Crippen LogP contribution in [0.1, 0.15) is 35.7 Å². The van der Waals surface area contributed by atoms with Gasteiger partial charge in [0, 0.05) is 11.1 Å². The SMILES string of the molecule is CCCCOc1ccc(-c2ccc(C(=O)Oc3ccc(-c4ccc(C)cc4)c(F)c3F)cc2)c(F)c1F. The summed E-state index contributed by atoms with van der Waals surface area (Å²) in [5.74, 6) is -6.25. The van der Waals surface area contributed by atoms with Crippen molar-refractivity contribution in [3.8, 4) is 33.8 Å². The number of hydrogen-bond acceptors (Lipinski definition) is 3. The Balaban J connectivity index is 1.50. The molecule has 7 heteroatoms. The van der Waals surface area contributed by atoms with Crippen LogP contribution in [0.4, 0.5) is 17.6 Å². The van der Waals surface area contributed by atoms with Crippen molar-refractivity contribution in [3.63, 3.8) is 0 Å². The topological polar surface area (TPSA) is 35.5 Å². The van der Waals surface area contributed by atoms with Crippen LogP contribution in [-0.4, -0.2) is 12.6 Å². The zero-order valence-electron chi connectivity index (χ0n) is 20.3. The van der Waals surface area contributed by atoms with E-state index < -0.39 is 35.0 Å². The van der Waals surface area contributed by atoms with E-state index in [1.165, 1.54) is 48.5 Å². The standard InChI is InChI=1S/C30H24F4O3/c1-3-4-17-36-24-15-13-22(26(31)28(24)33)20-9-11-21(12-10-20)30(35)37-25-16-14-23(27(32)29(25)34)19-7-5-18(2)6-8-19/h5-16H,3-4,17H2,1-2H3. The van der Waals surface area contributed by atoms with Crippen molar-refractivity contribution in [3.05, 3.63) is 107 Å².